The molecule has 5 rings (SSSR count). The molecule has 5 aliphatic carbocycles. The van der Waals surface area contributed by atoms with Crippen molar-refractivity contribution in [2.24, 2.45) is 46.3 Å². The zero-order valence-corrected chi connectivity index (χ0v) is 18.2. The topological polar surface area (TPSA) is 94.8 Å². The van der Waals surface area contributed by atoms with Crippen molar-refractivity contribution in [2.75, 3.05) is 0 Å². The molecule has 2 spiro atoms. The van der Waals surface area contributed by atoms with E-state index >= 15 is 0 Å². The van der Waals surface area contributed by atoms with Crippen molar-refractivity contribution in [3.8, 4) is 0 Å². The van der Waals surface area contributed by atoms with Crippen LogP contribution in [0.1, 0.15) is 59.3 Å². The van der Waals surface area contributed by atoms with Crippen molar-refractivity contribution in [3.63, 3.8) is 0 Å². The Hall–Kier alpha value is -1.07. The number of rotatable bonds is 1. The van der Waals surface area contributed by atoms with Crippen LogP contribution in [0.4, 0.5) is 0 Å². The van der Waals surface area contributed by atoms with Crippen LogP contribution in [0.2, 0.25) is 0 Å². The second kappa shape index (κ2) is 6.71. The molecule has 0 saturated heterocycles. The van der Waals surface area contributed by atoms with Gasteiger partial charge in [-0.1, -0.05) is 19.1 Å². The van der Waals surface area contributed by atoms with Gasteiger partial charge >= 0.3 is 5.97 Å². The molecule has 0 aromatic carbocycles. The van der Waals surface area contributed by atoms with E-state index in [2.05, 4.69) is 19.1 Å². The number of fused-ring (bicyclic) bond motifs is 4. The van der Waals surface area contributed by atoms with Gasteiger partial charge in [0.2, 0.25) is 0 Å². The standard InChI is InChI=1S/C21H29ClO3.C2H4O2/c1-11-4-3-7-19(2,25)16-13-6-5-12-8-21(13,10-20(12)9-14(20)22)17(15(11)16)18(23)24;1-2(3)4/h3-4,11-17,25H,5-10H2,1-2H3,(H,23,24);1H3,(H,3,4)/t11?,12?,13?,14?,15?,16?,17?,19?,20-,21?;/m1./s1. The van der Waals surface area contributed by atoms with E-state index in [1.807, 2.05) is 6.92 Å². The Morgan fingerprint density at radius 3 is 2.31 bits per heavy atom. The van der Waals surface area contributed by atoms with E-state index in [9.17, 15) is 15.0 Å². The number of carboxylic acids is 2. The molecule has 0 aromatic rings. The summed E-state index contributed by atoms with van der Waals surface area (Å²) in [6.45, 7) is 5.19. The van der Waals surface area contributed by atoms with Gasteiger partial charge in [-0.05, 0) is 85.9 Å². The lowest BCUT2D eigenvalue weighted by atomic mass is 9.62. The van der Waals surface area contributed by atoms with Crippen LogP contribution in [0.3, 0.4) is 0 Å². The highest BCUT2D eigenvalue weighted by molar-refractivity contribution is 6.23. The molecule has 4 fully saturated rings. The molecule has 10 atom stereocenters. The normalized spacial score (nSPS) is 54.0. The first-order valence-electron chi connectivity index (χ1n) is 10.9. The van der Waals surface area contributed by atoms with Crippen molar-refractivity contribution >= 4 is 23.5 Å². The summed E-state index contributed by atoms with van der Waals surface area (Å²) in [4.78, 5) is 21.5. The number of hydrogen-bond acceptors (Lipinski definition) is 3. The molecule has 0 aliphatic heterocycles. The summed E-state index contributed by atoms with van der Waals surface area (Å²) in [5, 5.41) is 29.3. The van der Waals surface area contributed by atoms with Crippen molar-refractivity contribution in [3.05, 3.63) is 12.2 Å². The predicted molar refractivity (Wildman–Crippen MR) is 110 cm³/mol. The maximum atomic E-state index is 12.5. The molecule has 0 heterocycles. The number of carbonyl (C=O) groups is 2. The fraction of sp³-hybridized carbons (Fsp3) is 0.826. The van der Waals surface area contributed by atoms with Gasteiger partial charge in [0.15, 0.2) is 0 Å². The van der Waals surface area contributed by atoms with Crippen LogP contribution in [0, 0.1) is 46.3 Å². The smallest absolute Gasteiger partial charge is 0.307 e. The lowest BCUT2D eigenvalue weighted by molar-refractivity contribution is -0.149. The van der Waals surface area contributed by atoms with Crippen LogP contribution in [-0.4, -0.2) is 38.2 Å². The number of carboxylic acid groups (broad SMARTS) is 2. The summed E-state index contributed by atoms with van der Waals surface area (Å²) >= 11 is 6.59. The third-order valence-corrected chi connectivity index (χ3v) is 9.69. The summed E-state index contributed by atoms with van der Waals surface area (Å²) in [6, 6.07) is 0. The van der Waals surface area contributed by atoms with E-state index in [0.29, 0.717) is 18.3 Å². The van der Waals surface area contributed by atoms with Gasteiger partial charge in [-0.2, -0.15) is 0 Å². The van der Waals surface area contributed by atoms with Gasteiger partial charge in [0.05, 0.1) is 11.5 Å². The molecule has 4 saturated carbocycles. The van der Waals surface area contributed by atoms with Crippen LogP contribution in [0.15, 0.2) is 12.2 Å². The van der Waals surface area contributed by atoms with E-state index in [0.717, 1.165) is 32.6 Å². The molecular weight excluding hydrogens is 392 g/mol. The molecule has 3 N–H and O–H groups in total. The summed E-state index contributed by atoms with van der Waals surface area (Å²) in [7, 11) is 0. The molecule has 9 unspecified atom stereocenters. The quantitative estimate of drug-likeness (QED) is 0.433. The average Bonchev–Trinajstić information content (AvgIpc) is 3.06. The highest BCUT2D eigenvalue weighted by Gasteiger charge is 2.77. The second-order valence-corrected chi connectivity index (χ2v) is 11.2. The molecule has 162 valence electrons. The van der Waals surface area contributed by atoms with Crippen LogP contribution in [-0.2, 0) is 9.59 Å². The number of aliphatic hydroxyl groups is 1. The highest BCUT2D eigenvalue weighted by Crippen LogP contribution is 2.80. The largest absolute Gasteiger partial charge is 0.481 e. The van der Waals surface area contributed by atoms with Gasteiger partial charge in [-0.15, -0.1) is 11.6 Å². The first kappa shape index (κ1) is 21.2. The van der Waals surface area contributed by atoms with E-state index in [4.69, 9.17) is 21.5 Å². The van der Waals surface area contributed by atoms with Gasteiger partial charge in [-0.25, -0.2) is 0 Å². The summed E-state index contributed by atoms with van der Waals surface area (Å²) in [6.07, 6.45) is 10.2. The van der Waals surface area contributed by atoms with Crippen LogP contribution < -0.4 is 0 Å². The van der Waals surface area contributed by atoms with Gasteiger partial charge < -0.3 is 15.3 Å². The van der Waals surface area contributed by atoms with Crippen LogP contribution >= 0.6 is 11.6 Å². The Morgan fingerprint density at radius 2 is 1.76 bits per heavy atom. The first-order valence-corrected chi connectivity index (χ1v) is 11.4. The minimum atomic E-state index is -0.833. The summed E-state index contributed by atoms with van der Waals surface area (Å²) in [5.41, 5.74) is -0.740. The molecule has 0 aromatic heterocycles. The molecular formula is C23H33ClO5. The van der Waals surface area contributed by atoms with Crippen LogP contribution in [0.25, 0.3) is 0 Å². The predicted octanol–water partition coefficient (Wildman–Crippen LogP) is 4.18. The Balaban J connectivity index is 0.000000472. The number of hydrogen-bond donors (Lipinski definition) is 3. The Kier molecular flexibility index (Phi) is 4.90. The molecule has 29 heavy (non-hydrogen) atoms. The maximum Gasteiger partial charge on any atom is 0.307 e. The average molecular weight is 425 g/mol. The maximum absolute atomic E-state index is 12.5. The molecule has 5 nitrogen and oxygen atoms in total. The monoisotopic (exact) mass is 424 g/mol. The number of halogens is 1. The zero-order chi connectivity index (χ0) is 21.4. The molecule has 5 aliphatic rings. The Morgan fingerprint density at radius 1 is 1.14 bits per heavy atom. The van der Waals surface area contributed by atoms with Gasteiger partial charge in [0.25, 0.3) is 5.97 Å². The lowest BCUT2D eigenvalue weighted by Gasteiger charge is -2.43. The minimum Gasteiger partial charge on any atom is -0.481 e. The number of allylic oxidation sites excluding steroid dienone is 1. The molecule has 6 heteroatoms. The molecule has 2 bridgehead atoms. The third kappa shape index (κ3) is 2.98. The Bertz CT molecular complexity index is 744. The second-order valence-electron chi connectivity index (χ2n) is 10.7. The number of aliphatic carboxylic acids is 2. The van der Waals surface area contributed by atoms with E-state index in [1.54, 1.807) is 0 Å². The van der Waals surface area contributed by atoms with Gasteiger partial charge in [-0.3, -0.25) is 9.59 Å². The van der Waals surface area contributed by atoms with Gasteiger partial charge in [0.1, 0.15) is 0 Å². The molecule has 0 radical (unpaired) electrons. The fourth-order valence-electron chi connectivity index (χ4n) is 8.25. The zero-order valence-electron chi connectivity index (χ0n) is 17.5. The van der Waals surface area contributed by atoms with Crippen molar-refractivity contribution in [2.45, 2.75) is 70.3 Å². The van der Waals surface area contributed by atoms with E-state index < -0.39 is 17.5 Å². The van der Waals surface area contributed by atoms with Crippen LogP contribution in [0.5, 0.6) is 0 Å². The van der Waals surface area contributed by atoms with E-state index in [-0.39, 0.29) is 39.9 Å². The minimum absolute atomic E-state index is 0.0395. The number of alkyl halides is 1. The van der Waals surface area contributed by atoms with Crippen molar-refractivity contribution < 1.29 is 24.9 Å². The Labute approximate surface area is 177 Å². The van der Waals surface area contributed by atoms with Gasteiger partial charge in [0, 0.05) is 12.3 Å². The first-order chi connectivity index (χ1) is 13.5. The lowest BCUT2D eigenvalue weighted by Crippen LogP contribution is -2.43. The van der Waals surface area contributed by atoms with E-state index in [1.165, 1.54) is 6.42 Å². The molecule has 0 amide bonds. The van der Waals surface area contributed by atoms with Crippen molar-refractivity contribution in [1.29, 1.82) is 0 Å². The summed E-state index contributed by atoms with van der Waals surface area (Å²) in [5.74, 6) is -0.540. The van der Waals surface area contributed by atoms with Crippen molar-refractivity contribution in [1.82, 2.24) is 0 Å². The SMILES string of the molecule is CC(=O)O.CC1C=CCC(C)(O)C2C1C(C(=O)O)C13CC(CCC21)[C@@]1(CC1Cl)C3. The summed E-state index contributed by atoms with van der Waals surface area (Å²) < 4.78 is 0. The third-order valence-electron chi connectivity index (χ3n) is 9.10. The fourth-order valence-corrected chi connectivity index (χ4v) is 8.79. The highest BCUT2D eigenvalue weighted by atomic mass is 35.5.